The van der Waals surface area contributed by atoms with Gasteiger partial charge in [0.1, 0.15) is 28.2 Å². The normalized spacial score (nSPS) is 15.4. The molecule has 0 aliphatic carbocycles. The molecule has 1 saturated heterocycles. The molecule has 0 aromatic heterocycles. The molecule has 4 nitrogen and oxygen atoms in total. The van der Waals surface area contributed by atoms with Crippen molar-refractivity contribution in [2.75, 3.05) is 13.7 Å². The van der Waals surface area contributed by atoms with Gasteiger partial charge in [0.15, 0.2) is 0 Å². The Morgan fingerprint density at radius 2 is 2.07 bits per heavy atom. The number of methoxy groups -OCH3 is 1. The van der Waals surface area contributed by atoms with Crippen LogP contribution in [0.2, 0.25) is 5.02 Å². The zero-order valence-electron chi connectivity index (χ0n) is 15.2. The van der Waals surface area contributed by atoms with Gasteiger partial charge in [-0.25, -0.2) is 4.39 Å². The predicted octanol–water partition coefficient (Wildman–Crippen LogP) is 5.29. The van der Waals surface area contributed by atoms with Crippen LogP contribution in [0.1, 0.15) is 18.1 Å². The third-order valence-electron chi connectivity index (χ3n) is 4.08. The first kappa shape index (κ1) is 20.6. The molecule has 0 bridgehead atoms. The lowest BCUT2D eigenvalue weighted by Gasteiger charge is -2.12. The monoisotopic (exact) mass is 437 g/mol. The lowest BCUT2D eigenvalue weighted by molar-refractivity contribution is -0.121. The van der Waals surface area contributed by atoms with E-state index in [-0.39, 0.29) is 17.5 Å². The Kier molecular flexibility index (Phi) is 6.59. The summed E-state index contributed by atoms with van der Waals surface area (Å²) < 4.78 is 24.9. The molecule has 0 saturated carbocycles. The van der Waals surface area contributed by atoms with Gasteiger partial charge in [-0.15, -0.1) is 0 Å². The van der Waals surface area contributed by atoms with E-state index in [1.165, 1.54) is 30.0 Å². The quantitative estimate of drug-likeness (QED) is 0.453. The summed E-state index contributed by atoms with van der Waals surface area (Å²) in [5, 5.41) is -0.00355. The average Bonchev–Trinajstić information content (AvgIpc) is 2.95. The van der Waals surface area contributed by atoms with Crippen LogP contribution < -0.4 is 9.47 Å². The third kappa shape index (κ3) is 4.48. The first-order valence-electron chi connectivity index (χ1n) is 8.43. The summed E-state index contributed by atoms with van der Waals surface area (Å²) in [4.78, 5) is 14.5. The molecule has 1 fully saturated rings. The number of halogens is 2. The first-order chi connectivity index (χ1) is 13.4. The molecule has 0 unspecified atom stereocenters. The number of thiocarbonyl (C=S) groups is 1. The van der Waals surface area contributed by atoms with E-state index in [1.807, 2.05) is 25.1 Å². The second-order valence-corrected chi connectivity index (χ2v) is 7.94. The fourth-order valence-corrected chi connectivity index (χ4v) is 4.21. The fraction of sp³-hybridized carbons (Fsp3) is 0.200. The van der Waals surface area contributed by atoms with E-state index >= 15 is 0 Å². The lowest BCUT2D eigenvalue weighted by Crippen LogP contribution is -2.27. The van der Waals surface area contributed by atoms with E-state index < -0.39 is 5.82 Å². The van der Waals surface area contributed by atoms with Gasteiger partial charge in [-0.05, 0) is 42.8 Å². The highest BCUT2D eigenvalue weighted by atomic mass is 35.5. The predicted molar refractivity (Wildman–Crippen MR) is 114 cm³/mol. The van der Waals surface area contributed by atoms with Gasteiger partial charge in [-0.2, -0.15) is 0 Å². The van der Waals surface area contributed by atoms with Gasteiger partial charge < -0.3 is 9.47 Å². The Labute approximate surface area is 177 Å². The number of amides is 1. The minimum atomic E-state index is -0.502. The standard InChI is InChI=1S/C20H17ClFNO3S2/c1-3-23-19(24)18(28-20(23)27)9-12-4-7-17(25-2)13(8-12)11-26-14-5-6-16(22)15(21)10-14/h4-10H,3,11H2,1-2H3/b18-9+. The number of benzene rings is 2. The largest absolute Gasteiger partial charge is 0.496 e. The Morgan fingerprint density at radius 1 is 1.29 bits per heavy atom. The second kappa shape index (κ2) is 8.94. The summed E-state index contributed by atoms with van der Waals surface area (Å²) in [5.41, 5.74) is 1.61. The number of hydrogen-bond acceptors (Lipinski definition) is 5. The Balaban J connectivity index is 1.82. The Hall–Kier alpha value is -2.09. The zero-order chi connectivity index (χ0) is 20.3. The maximum Gasteiger partial charge on any atom is 0.266 e. The molecular formula is C20H17ClFNO3S2. The third-order valence-corrected chi connectivity index (χ3v) is 5.74. The zero-order valence-corrected chi connectivity index (χ0v) is 17.6. The summed E-state index contributed by atoms with van der Waals surface area (Å²) in [6, 6.07) is 9.72. The van der Waals surface area contributed by atoms with Crippen LogP contribution in [-0.2, 0) is 11.4 Å². The van der Waals surface area contributed by atoms with Crippen molar-refractivity contribution >= 4 is 51.9 Å². The van der Waals surface area contributed by atoms with Crippen LogP contribution in [0.25, 0.3) is 6.08 Å². The molecule has 28 heavy (non-hydrogen) atoms. The van der Waals surface area contributed by atoms with Crippen molar-refractivity contribution in [3.63, 3.8) is 0 Å². The molecule has 1 aliphatic rings. The number of likely N-dealkylation sites (N-methyl/N-ethyl adjacent to an activating group) is 1. The number of thioether (sulfide) groups is 1. The van der Waals surface area contributed by atoms with Gasteiger partial charge in [0.25, 0.3) is 5.91 Å². The topological polar surface area (TPSA) is 38.8 Å². The van der Waals surface area contributed by atoms with Crippen LogP contribution in [0.4, 0.5) is 4.39 Å². The molecule has 2 aromatic carbocycles. The first-order valence-corrected chi connectivity index (χ1v) is 10.0. The number of ether oxygens (including phenoxy) is 2. The molecule has 0 spiro atoms. The molecule has 146 valence electrons. The summed E-state index contributed by atoms with van der Waals surface area (Å²) in [6.07, 6.45) is 1.80. The number of hydrogen-bond donors (Lipinski definition) is 0. The van der Waals surface area contributed by atoms with E-state index in [9.17, 15) is 9.18 Å². The minimum absolute atomic E-state index is 0.00355. The van der Waals surface area contributed by atoms with Crippen molar-refractivity contribution in [1.29, 1.82) is 0 Å². The van der Waals surface area contributed by atoms with Gasteiger partial charge in [-0.1, -0.05) is 41.6 Å². The molecule has 0 radical (unpaired) electrons. The summed E-state index contributed by atoms with van der Waals surface area (Å²) in [6.45, 7) is 2.63. The van der Waals surface area contributed by atoms with E-state index in [0.717, 1.165) is 11.1 Å². The SMILES string of the molecule is CCN1C(=O)/C(=C\c2ccc(OC)c(COc3ccc(F)c(Cl)c3)c2)SC1=S. The molecule has 0 atom stereocenters. The van der Waals surface area contributed by atoms with E-state index in [2.05, 4.69) is 0 Å². The maximum absolute atomic E-state index is 13.3. The van der Waals surface area contributed by atoms with Gasteiger partial charge in [0.2, 0.25) is 0 Å². The molecule has 1 aliphatic heterocycles. The van der Waals surface area contributed by atoms with Crippen LogP contribution in [0, 0.1) is 5.82 Å². The Morgan fingerprint density at radius 3 is 2.71 bits per heavy atom. The molecule has 8 heteroatoms. The second-order valence-electron chi connectivity index (χ2n) is 5.86. The smallest absolute Gasteiger partial charge is 0.266 e. The summed E-state index contributed by atoms with van der Waals surface area (Å²) >= 11 is 12.3. The number of nitrogens with zero attached hydrogens (tertiary/aromatic N) is 1. The average molecular weight is 438 g/mol. The maximum atomic E-state index is 13.3. The van der Waals surface area contributed by atoms with Crippen LogP contribution >= 0.6 is 35.6 Å². The molecule has 1 amide bonds. The molecule has 2 aromatic rings. The van der Waals surface area contributed by atoms with Crippen molar-refractivity contribution in [1.82, 2.24) is 4.90 Å². The van der Waals surface area contributed by atoms with Crippen LogP contribution in [0.3, 0.4) is 0 Å². The highest BCUT2D eigenvalue weighted by Crippen LogP contribution is 2.33. The van der Waals surface area contributed by atoms with Crippen molar-refractivity contribution in [3.8, 4) is 11.5 Å². The number of rotatable bonds is 6. The molecule has 1 heterocycles. The van der Waals surface area contributed by atoms with Crippen molar-refractivity contribution in [3.05, 3.63) is 63.3 Å². The Bertz CT molecular complexity index is 964. The number of carbonyl (C=O) groups excluding carboxylic acids is 1. The van der Waals surface area contributed by atoms with Gasteiger partial charge in [0.05, 0.1) is 17.0 Å². The van der Waals surface area contributed by atoms with Crippen LogP contribution in [-0.4, -0.2) is 28.8 Å². The van der Waals surface area contributed by atoms with Gasteiger partial charge in [-0.3, -0.25) is 9.69 Å². The van der Waals surface area contributed by atoms with Crippen molar-refractivity contribution < 1.29 is 18.7 Å². The van der Waals surface area contributed by atoms with E-state index in [1.54, 1.807) is 18.1 Å². The lowest BCUT2D eigenvalue weighted by atomic mass is 10.1. The minimum Gasteiger partial charge on any atom is -0.496 e. The highest BCUT2D eigenvalue weighted by molar-refractivity contribution is 8.26. The fourth-order valence-electron chi connectivity index (χ4n) is 2.65. The molecular weight excluding hydrogens is 421 g/mol. The molecule has 3 rings (SSSR count). The number of carbonyl (C=O) groups is 1. The summed E-state index contributed by atoms with van der Waals surface area (Å²) in [7, 11) is 1.57. The summed E-state index contributed by atoms with van der Waals surface area (Å²) in [5.74, 6) is 0.499. The van der Waals surface area contributed by atoms with E-state index in [4.69, 9.17) is 33.3 Å². The van der Waals surface area contributed by atoms with Crippen LogP contribution in [0.5, 0.6) is 11.5 Å². The van der Waals surface area contributed by atoms with Gasteiger partial charge >= 0.3 is 0 Å². The van der Waals surface area contributed by atoms with E-state index in [0.29, 0.717) is 27.3 Å². The highest BCUT2D eigenvalue weighted by Gasteiger charge is 2.30. The van der Waals surface area contributed by atoms with Crippen molar-refractivity contribution in [2.45, 2.75) is 13.5 Å². The molecule has 0 N–H and O–H groups in total. The van der Waals surface area contributed by atoms with Crippen molar-refractivity contribution in [2.24, 2.45) is 0 Å². The van der Waals surface area contributed by atoms with Gasteiger partial charge in [0, 0.05) is 18.2 Å². The van der Waals surface area contributed by atoms with Crippen LogP contribution in [0.15, 0.2) is 41.3 Å².